The molecular formula is C34H32O4SiTi. The molecule has 6 heteroatoms. The maximum absolute atomic E-state index is 9.25. The molecule has 2 N–H and O–H groups in total. The van der Waals surface area contributed by atoms with E-state index in [-0.39, 0.29) is 6.19 Å². The summed E-state index contributed by atoms with van der Waals surface area (Å²) in [6.07, 6.45) is 3.88. The minimum absolute atomic E-state index is 0.120. The minimum atomic E-state index is -0.981. The quantitative estimate of drug-likeness (QED) is 0.127. The molecule has 0 fully saturated rings. The van der Waals surface area contributed by atoms with Gasteiger partial charge in [-0.3, -0.25) is 0 Å². The van der Waals surface area contributed by atoms with Crippen molar-refractivity contribution in [3.63, 3.8) is 0 Å². The van der Waals surface area contributed by atoms with Crippen LogP contribution in [0, 0.1) is 12.1 Å². The van der Waals surface area contributed by atoms with Gasteiger partial charge in [-0.2, -0.15) is 59.7 Å². The number of aliphatic carboxylic acids is 2. The maximum Gasteiger partial charge on any atom is -0.0253 e. The molecule has 0 saturated heterocycles. The molecule has 40 heavy (non-hydrogen) atoms. The number of rotatable bonds is 2. The SMILES string of the molecule is C=CC(=O)O.C=CC(=O)O.C[Si](C)=[Ti+2].[c-]1cccc2c1Cc1ccccc1-2.[c-]1cccc2c1Cc1ccccc1-2. The van der Waals surface area contributed by atoms with Crippen LogP contribution in [0.4, 0.5) is 0 Å². The molecule has 4 aromatic carbocycles. The summed E-state index contributed by atoms with van der Waals surface area (Å²) in [6.45, 7) is 10.5. The Bertz CT molecular complexity index is 1290. The van der Waals surface area contributed by atoms with Crippen LogP contribution in [-0.2, 0) is 41.6 Å². The van der Waals surface area contributed by atoms with Gasteiger partial charge in [-0.15, -0.1) is 11.1 Å². The van der Waals surface area contributed by atoms with Crippen molar-refractivity contribution in [2.45, 2.75) is 25.9 Å². The summed E-state index contributed by atoms with van der Waals surface area (Å²) in [5.74, 6) is -1.96. The van der Waals surface area contributed by atoms with E-state index >= 15 is 0 Å². The van der Waals surface area contributed by atoms with E-state index in [1.165, 1.54) is 44.5 Å². The molecule has 2 aliphatic carbocycles. The van der Waals surface area contributed by atoms with E-state index in [2.05, 4.69) is 130 Å². The molecule has 0 unspecified atom stereocenters. The van der Waals surface area contributed by atoms with E-state index in [1.54, 1.807) is 0 Å². The molecule has 2 aliphatic rings. The van der Waals surface area contributed by atoms with E-state index in [0.29, 0.717) is 0 Å². The zero-order valence-electron chi connectivity index (χ0n) is 22.8. The number of hydrogen-bond acceptors (Lipinski definition) is 2. The molecule has 0 aliphatic heterocycles. The Kier molecular flexibility index (Phi) is 13.8. The zero-order chi connectivity index (χ0) is 29.5. The molecular weight excluding hydrogens is 548 g/mol. The van der Waals surface area contributed by atoms with Crippen molar-refractivity contribution < 1.29 is 39.0 Å². The van der Waals surface area contributed by atoms with Gasteiger partial charge >= 0.3 is 50.4 Å². The molecule has 0 bridgehead atoms. The average molecular weight is 581 g/mol. The van der Waals surface area contributed by atoms with Gasteiger partial charge in [-0.25, -0.2) is 9.59 Å². The summed E-state index contributed by atoms with van der Waals surface area (Å²) in [6, 6.07) is 36.2. The first-order valence-corrected chi connectivity index (χ1v) is 17.4. The van der Waals surface area contributed by atoms with Crippen LogP contribution in [-0.4, -0.2) is 28.3 Å². The Labute approximate surface area is 248 Å². The topological polar surface area (TPSA) is 74.6 Å². The molecule has 0 spiro atoms. The molecule has 4 aromatic rings. The predicted octanol–water partition coefficient (Wildman–Crippen LogP) is 7.41. The maximum atomic E-state index is 9.25. The zero-order valence-corrected chi connectivity index (χ0v) is 25.3. The standard InChI is InChI=1S/2C13H9.2C3H4O2.C2H6Si.Ti/c2*1-3-7-12-10(5-1)9-11-6-2-4-8-13(11)12;2*1-2-3(4)5;1-3-2;/h2*1-5,7-8H,9H2;2*2H,1H2,(H,4,5);1-2H3;/q2*-1;;;;+2. The number of carboxylic acids is 2. The van der Waals surface area contributed by atoms with Gasteiger partial charge in [0.05, 0.1) is 0 Å². The molecule has 0 heterocycles. The van der Waals surface area contributed by atoms with Crippen molar-refractivity contribution in [2.75, 3.05) is 0 Å². The number of benzene rings is 4. The number of carbonyl (C=O) groups is 2. The third kappa shape index (κ3) is 10.4. The fourth-order valence-electron chi connectivity index (χ4n) is 4.00. The summed E-state index contributed by atoms with van der Waals surface area (Å²) < 4.78 is 0. The minimum Gasteiger partial charge on any atom is -0.179 e. The first kappa shape index (κ1) is 32.4. The molecule has 6 rings (SSSR count). The molecule has 0 aromatic heterocycles. The Morgan fingerprint density at radius 1 is 0.700 bits per heavy atom. The van der Waals surface area contributed by atoms with Crippen LogP contribution in [0.3, 0.4) is 0 Å². The van der Waals surface area contributed by atoms with Gasteiger partial charge < -0.3 is 10.2 Å². The first-order valence-electron chi connectivity index (χ1n) is 12.6. The second-order valence-corrected chi connectivity index (χ2v) is 15.6. The van der Waals surface area contributed by atoms with E-state index in [0.717, 1.165) is 25.0 Å². The molecule has 200 valence electrons. The van der Waals surface area contributed by atoms with E-state index in [9.17, 15) is 9.59 Å². The Balaban J connectivity index is 0.000000194. The Morgan fingerprint density at radius 2 is 1.00 bits per heavy atom. The van der Waals surface area contributed by atoms with Crippen molar-refractivity contribution in [2.24, 2.45) is 0 Å². The second-order valence-electron chi connectivity index (χ2n) is 8.88. The summed E-state index contributed by atoms with van der Waals surface area (Å²) >= 11 is 2.27. The van der Waals surface area contributed by atoms with Gasteiger partial charge in [0.25, 0.3) is 0 Å². The molecule has 0 atom stereocenters. The third-order valence-electron chi connectivity index (χ3n) is 5.58. The fraction of sp³-hybridized carbons (Fsp3) is 0.118. The van der Waals surface area contributed by atoms with Gasteiger partial charge in [0, 0.05) is 12.2 Å². The van der Waals surface area contributed by atoms with Crippen LogP contribution in [0.25, 0.3) is 22.3 Å². The predicted molar refractivity (Wildman–Crippen MR) is 160 cm³/mol. The normalized spacial score (nSPS) is 10.3. The Morgan fingerprint density at radius 3 is 1.32 bits per heavy atom. The van der Waals surface area contributed by atoms with Crippen LogP contribution in [0.15, 0.2) is 110 Å². The monoisotopic (exact) mass is 580 g/mol. The molecule has 0 amide bonds. The first-order chi connectivity index (χ1) is 19.2. The Hall–Kier alpha value is -3.77. The molecule has 0 saturated carbocycles. The third-order valence-corrected chi connectivity index (χ3v) is 5.58. The average Bonchev–Trinajstić information content (AvgIpc) is 3.52. The molecule has 0 radical (unpaired) electrons. The summed E-state index contributed by atoms with van der Waals surface area (Å²) in [5, 5.41) is 15.2. The van der Waals surface area contributed by atoms with E-state index in [1.807, 2.05) is 12.1 Å². The number of hydrogen-bond donors (Lipinski definition) is 2. The van der Waals surface area contributed by atoms with Crippen molar-refractivity contribution in [3.8, 4) is 22.3 Å². The number of carboxylic acid groups (broad SMARTS) is 2. The summed E-state index contributed by atoms with van der Waals surface area (Å²) in [5.41, 5.74) is 11.0. The van der Waals surface area contributed by atoms with Crippen molar-refractivity contribution in [1.82, 2.24) is 0 Å². The van der Waals surface area contributed by atoms with E-state index < -0.39 is 11.9 Å². The summed E-state index contributed by atoms with van der Waals surface area (Å²) in [7, 11) is 0. The fourth-order valence-corrected chi connectivity index (χ4v) is 4.00. The molecule has 4 nitrogen and oxygen atoms in total. The summed E-state index contributed by atoms with van der Waals surface area (Å²) in [4.78, 5) is 18.5. The van der Waals surface area contributed by atoms with Gasteiger partial charge in [0.2, 0.25) is 0 Å². The van der Waals surface area contributed by atoms with Gasteiger partial charge in [0.15, 0.2) is 0 Å². The van der Waals surface area contributed by atoms with Crippen LogP contribution < -0.4 is 0 Å². The van der Waals surface area contributed by atoms with Crippen LogP contribution in [0.5, 0.6) is 0 Å². The van der Waals surface area contributed by atoms with E-state index in [4.69, 9.17) is 10.2 Å². The number of fused-ring (bicyclic) bond motifs is 6. The second kappa shape index (κ2) is 17.0. The van der Waals surface area contributed by atoms with Crippen LogP contribution in [0.2, 0.25) is 13.1 Å². The largest absolute Gasteiger partial charge is 0.179 e. The van der Waals surface area contributed by atoms with Crippen LogP contribution in [0.1, 0.15) is 22.3 Å². The van der Waals surface area contributed by atoms with Crippen molar-refractivity contribution in [3.05, 3.63) is 145 Å². The smallest absolute Gasteiger partial charge is 0.0253 e. The van der Waals surface area contributed by atoms with Gasteiger partial charge in [-0.1, -0.05) is 83.9 Å². The van der Waals surface area contributed by atoms with Gasteiger partial charge in [0.1, 0.15) is 0 Å². The van der Waals surface area contributed by atoms with Crippen molar-refractivity contribution >= 4 is 18.1 Å². The van der Waals surface area contributed by atoms with Crippen molar-refractivity contribution in [1.29, 1.82) is 0 Å². The van der Waals surface area contributed by atoms with Gasteiger partial charge in [-0.05, 0) is 12.8 Å². The van der Waals surface area contributed by atoms with Crippen LogP contribution >= 0.6 is 0 Å².